The van der Waals surface area contributed by atoms with Crippen molar-refractivity contribution in [3.8, 4) is 0 Å². The topological polar surface area (TPSA) is 93.8 Å². The van der Waals surface area contributed by atoms with Crippen LogP contribution >= 0.6 is 0 Å². The van der Waals surface area contributed by atoms with Crippen LogP contribution in [0.15, 0.2) is 12.1 Å². The number of nitrogens with two attached hydrogens (primary N) is 1. The Bertz CT molecular complexity index is 454. The van der Waals surface area contributed by atoms with Gasteiger partial charge in [-0.15, -0.1) is 0 Å². The monoisotopic (exact) mass is 286 g/mol. The van der Waals surface area contributed by atoms with Crippen LogP contribution < -0.4 is 11.1 Å². The van der Waals surface area contributed by atoms with Crippen LogP contribution in [0.25, 0.3) is 0 Å². The van der Waals surface area contributed by atoms with Gasteiger partial charge in [-0.1, -0.05) is 0 Å². The number of hydrogen-bond donors (Lipinski definition) is 3. The van der Waals surface area contributed by atoms with Crippen LogP contribution in [0.1, 0.15) is 16.8 Å². The summed E-state index contributed by atoms with van der Waals surface area (Å²) in [5.74, 6) is -1.76. The Morgan fingerprint density at radius 2 is 2.15 bits per heavy atom. The van der Waals surface area contributed by atoms with Crippen LogP contribution in [0.5, 0.6) is 0 Å². The number of nitrogen functional groups attached to an aromatic ring is 1. The van der Waals surface area contributed by atoms with E-state index in [1.165, 1.54) is 6.07 Å². The molecule has 1 rings (SSSR count). The highest BCUT2D eigenvalue weighted by Crippen LogP contribution is 2.22. The first-order valence-corrected chi connectivity index (χ1v) is 6.19. The van der Waals surface area contributed by atoms with Crippen molar-refractivity contribution in [2.24, 2.45) is 0 Å². The maximum atomic E-state index is 13.6. The number of benzene rings is 1. The summed E-state index contributed by atoms with van der Waals surface area (Å²) in [4.78, 5) is 10.9. The van der Waals surface area contributed by atoms with E-state index in [9.17, 15) is 9.18 Å². The van der Waals surface area contributed by atoms with E-state index in [1.807, 2.05) is 0 Å². The Kier molecular flexibility index (Phi) is 6.75. The molecule has 1 aromatic carbocycles. The Hall–Kier alpha value is -1.86. The van der Waals surface area contributed by atoms with E-state index in [-0.39, 0.29) is 16.9 Å². The SMILES string of the molecule is COCCOCCCNc1cc(C(=O)O)c(N)cc1F. The van der Waals surface area contributed by atoms with Gasteiger partial charge in [-0.25, -0.2) is 9.18 Å². The van der Waals surface area contributed by atoms with Crippen LogP contribution in [0.3, 0.4) is 0 Å². The van der Waals surface area contributed by atoms with E-state index in [1.54, 1.807) is 7.11 Å². The Morgan fingerprint density at radius 1 is 1.40 bits per heavy atom. The third-order valence-electron chi connectivity index (χ3n) is 2.58. The van der Waals surface area contributed by atoms with Crippen molar-refractivity contribution in [1.29, 1.82) is 0 Å². The molecule has 0 atom stereocenters. The van der Waals surface area contributed by atoms with Gasteiger partial charge < -0.3 is 25.6 Å². The lowest BCUT2D eigenvalue weighted by Crippen LogP contribution is -2.11. The van der Waals surface area contributed by atoms with Gasteiger partial charge in [0.25, 0.3) is 0 Å². The summed E-state index contributed by atoms with van der Waals surface area (Å²) in [6, 6.07) is 2.19. The molecular weight excluding hydrogens is 267 g/mol. The molecule has 6 nitrogen and oxygen atoms in total. The second-order valence-corrected chi connectivity index (χ2v) is 4.11. The van der Waals surface area contributed by atoms with Gasteiger partial charge in [0.05, 0.1) is 24.5 Å². The number of carboxylic acid groups (broad SMARTS) is 1. The largest absolute Gasteiger partial charge is 0.478 e. The standard InChI is InChI=1S/C13H19FN2O4/c1-19-5-6-20-4-2-3-16-12-7-9(13(17)18)11(15)8-10(12)14/h7-8,16H,2-6,15H2,1H3,(H,17,18). The fourth-order valence-electron chi connectivity index (χ4n) is 1.55. The number of anilines is 2. The van der Waals surface area contributed by atoms with Crippen LogP contribution in [-0.2, 0) is 9.47 Å². The molecule has 1 aromatic rings. The number of nitrogens with one attached hydrogen (secondary N) is 1. The van der Waals surface area contributed by atoms with E-state index in [2.05, 4.69) is 5.32 Å². The second-order valence-electron chi connectivity index (χ2n) is 4.11. The van der Waals surface area contributed by atoms with E-state index < -0.39 is 11.8 Å². The third kappa shape index (κ3) is 5.02. The van der Waals surface area contributed by atoms with Gasteiger partial charge in [0, 0.05) is 25.9 Å². The van der Waals surface area contributed by atoms with Crippen molar-refractivity contribution in [3.05, 3.63) is 23.5 Å². The number of methoxy groups -OCH3 is 1. The Labute approximate surface area is 116 Å². The molecule has 0 aliphatic carbocycles. The first-order valence-electron chi connectivity index (χ1n) is 6.19. The minimum atomic E-state index is -1.19. The summed E-state index contributed by atoms with van der Waals surface area (Å²) < 4.78 is 23.7. The van der Waals surface area contributed by atoms with Gasteiger partial charge in [0.1, 0.15) is 5.82 Å². The molecule has 0 bridgehead atoms. The lowest BCUT2D eigenvalue weighted by Gasteiger charge is -2.10. The molecule has 0 spiro atoms. The van der Waals surface area contributed by atoms with Crippen molar-refractivity contribution in [3.63, 3.8) is 0 Å². The summed E-state index contributed by atoms with van der Waals surface area (Å²) in [5.41, 5.74) is 5.34. The zero-order valence-corrected chi connectivity index (χ0v) is 11.3. The summed E-state index contributed by atoms with van der Waals surface area (Å²) in [7, 11) is 1.59. The molecule has 4 N–H and O–H groups in total. The number of halogens is 1. The number of carboxylic acids is 1. The van der Waals surface area contributed by atoms with E-state index >= 15 is 0 Å². The van der Waals surface area contributed by atoms with Crippen molar-refractivity contribution in [2.45, 2.75) is 6.42 Å². The molecule has 112 valence electrons. The highest BCUT2D eigenvalue weighted by atomic mass is 19.1. The quantitative estimate of drug-likeness (QED) is 0.471. The van der Waals surface area contributed by atoms with Crippen molar-refractivity contribution in [2.75, 3.05) is 44.5 Å². The molecule has 0 fully saturated rings. The molecular formula is C13H19FN2O4. The molecule has 0 saturated carbocycles. The third-order valence-corrected chi connectivity index (χ3v) is 2.58. The number of ether oxygens (including phenoxy) is 2. The maximum absolute atomic E-state index is 13.6. The molecule has 0 unspecified atom stereocenters. The van der Waals surface area contributed by atoms with Gasteiger partial charge >= 0.3 is 5.97 Å². The van der Waals surface area contributed by atoms with Crippen LogP contribution in [-0.4, -0.2) is 44.6 Å². The van der Waals surface area contributed by atoms with Crippen molar-refractivity contribution < 1.29 is 23.8 Å². The molecule has 0 aliphatic rings. The first-order chi connectivity index (χ1) is 9.56. The van der Waals surface area contributed by atoms with Gasteiger partial charge in [-0.3, -0.25) is 0 Å². The predicted octanol–water partition coefficient (Wildman–Crippen LogP) is 1.57. The van der Waals surface area contributed by atoms with Gasteiger partial charge in [0.15, 0.2) is 0 Å². The average molecular weight is 286 g/mol. The maximum Gasteiger partial charge on any atom is 0.337 e. The van der Waals surface area contributed by atoms with E-state index in [4.69, 9.17) is 20.3 Å². The van der Waals surface area contributed by atoms with E-state index in [0.29, 0.717) is 32.8 Å². The molecule has 20 heavy (non-hydrogen) atoms. The lowest BCUT2D eigenvalue weighted by molar-refractivity contribution is 0.0697. The van der Waals surface area contributed by atoms with Gasteiger partial charge in [0.2, 0.25) is 0 Å². The summed E-state index contributed by atoms with van der Waals surface area (Å²) in [6.07, 6.45) is 0.663. The Balaban J connectivity index is 2.44. The molecule has 0 radical (unpaired) electrons. The molecule has 0 aliphatic heterocycles. The Morgan fingerprint density at radius 3 is 2.80 bits per heavy atom. The molecule has 0 heterocycles. The second kappa shape index (κ2) is 8.34. The van der Waals surface area contributed by atoms with Crippen molar-refractivity contribution >= 4 is 17.3 Å². The highest BCUT2D eigenvalue weighted by molar-refractivity contribution is 5.94. The first kappa shape index (κ1) is 16.2. The van der Waals surface area contributed by atoms with Gasteiger partial charge in [-0.2, -0.15) is 0 Å². The minimum absolute atomic E-state index is 0.0940. The van der Waals surface area contributed by atoms with Crippen LogP contribution in [0.4, 0.5) is 15.8 Å². The average Bonchev–Trinajstić information content (AvgIpc) is 2.39. The normalized spacial score (nSPS) is 10.5. The molecule has 0 aromatic heterocycles. The lowest BCUT2D eigenvalue weighted by atomic mass is 10.1. The summed E-state index contributed by atoms with van der Waals surface area (Å²) in [6.45, 7) is 2.02. The number of carbonyl (C=O) groups is 1. The van der Waals surface area contributed by atoms with Crippen LogP contribution in [0, 0.1) is 5.82 Å². The summed E-state index contributed by atoms with van der Waals surface area (Å²) >= 11 is 0. The smallest absolute Gasteiger partial charge is 0.337 e. The zero-order chi connectivity index (χ0) is 15.0. The molecule has 7 heteroatoms. The fraction of sp³-hybridized carbons (Fsp3) is 0.462. The highest BCUT2D eigenvalue weighted by Gasteiger charge is 2.12. The summed E-state index contributed by atoms with van der Waals surface area (Å²) in [5, 5.41) is 11.7. The minimum Gasteiger partial charge on any atom is -0.478 e. The predicted molar refractivity (Wildman–Crippen MR) is 73.6 cm³/mol. The van der Waals surface area contributed by atoms with Crippen LogP contribution in [0.2, 0.25) is 0 Å². The van der Waals surface area contributed by atoms with E-state index in [0.717, 1.165) is 6.07 Å². The zero-order valence-electron chi connectivity index (χ0n) is 11.3. The number of rotatable bonds is 9. The fourth-order valence-corrected chi connectivity index (χ4v) is 1.55. The van der Waals surface area contributed by atoms with Crippen molar-refractivity contribution in [1.82, 2.24) is 0 Å². The number of aromatic carboxylic acids is 1. The molecule has 0 saturated heterocycles. The number of hydrogen-bond acceptors (Lipinski definition) is 5. The molecule has 0 amide bonds. The van der Waals surface area contributed by atoms with Gasteiger partial charge in [-0.05, 0) is 18.6 Å².